The quantitative estimate of drug-likeness (QED) is 0.706. The zero-order valence-electron chi connectivity index (χ0n) is 10.9. The van der Waals surface area contributed by atoms with Gasteiger partial charge in [0, 0.05) is 19.6 Å². The van der Waals surface area contributed by atoms with E-state index >= 15 is 0 Å². The van der Waals surface area contributed by atoms with E-state index in [-0.39, 0.29) is 17.4 Å². The summed E-state index contributed by atoms with van der Waals surface area (Å²) in [6.45, 7) is 7.20. The zero-order valence-corrected chi connectivity index (χ0v) is 10.9. The number of carbonyl (C=O) groups is 1. The maximum atomic E-state index is 12.5. The molecule has 2 rings (SSSR count). The number of nitrogens with one attached hydrogen (secondary N) is 1. The zero-order chi connectivity index (χ0) is 12.5. The van der Waals surface area contributed by atoms with E-state index in [1.165, 1.54) is 0 Å². The number of aliphatic hydroxyl groups is 1. The monoisotopic (exact) mass is 240 g/mol. The Morgan fingerprint density at radius 1 is 1.53 bits per heavy atom. The summed E-state index contributed by atoms with van der Waals surface area (Å²) < 4.78 is 0. The molecule has 98 valence electrons. The topological polar surface area (TPSA) is 52.6 Å². The first kappa shape index (κ1) is 12.8. The molecule has 3 atom stereocenters. The van der Waals surface area contributed by atoms with Gasteiger partial charge < -0.3 is 15.3 Å². The van der Waals surface area contributed by atoms with Crippen molar-refractivity contribution in [2.75, 3.05) is 26.2 Å². The molecule has 2 saturated heterocycles. The van der Waals surface area contributed by atoms with Gasteiger partial charge in [0.1, 0.15) is 0 Å². The molecule has 0 spiro atoms. The fourth-order valence-electron chi connectivity index (χ4n) is 2.85. The Labute approximate surface area is 103 Å². The highest BCUT2D eigenvalue weighted by Gasteiger charge is 2.39. The fourth-order valence-corrected chi connectivity index (χ4v) is 2.85. The molecule has 1 amide bonds. The summed E-state index contributed by atoms with van der Waals surface area (Å²) in [4.78, 5) is 14.4. The van der Waals surface area contributed by atoms with Crippen molar-refractivity contribution in [2.45, 2.75) is 39.2 Å². The van der Waals surface area contributed by atoms with Crippen molar-refractivity contribution in [1.82, 2.24) is 10.2 Å². The molecule has 2 N–H and O–H groups in total. The van der Waals surface area contributed by atoms with Crippen LogP contribution < -0.4 is 5.32 Å². The number of β-amino-alcohol motifs (C(OH)–C–C–N with tert-alkyl or cyclic N) is 1. The van der Waals surface area contributed by atoms with Crippen LogP contribution in [0.3, 0.4) is 0 Å². The van der Waals surface area contributed by atoms with Crippen LogP contribution in [0.2, 0.25) is 0 Å². The van der Waals surface area contributed by atoms with Gasteiger partial charge in [-0.3, -0.25) is 4.79 Å². The number of carbonyl (C=O) groups excluding carboxylic acids is 1. The van der Waals surface area contributed by atoms with Gasteiger partial charge in [-0.25, -0.2) is 0 Å². The lowest BCUT2D eigenvalue weighted by Gasteiger charge is -2.41. The summed E-state index contributed by atoms with van der Waals surface area (Å²) in [6.07, 6.45) is 2.58. The van der Waals surface area contributed by atoms with Crippen molar-refractivity contribution < 1.29 is 9.90 Å². The molecule has 4 nitrogen and oxygen atoms in total. The van der Waals surface area contributed by atoms with Crippen LogP contribution in [0.25, 0.3) is 0 Å². The van der Waals surface area contributed by atoms with E-state index in [9.17, 15) is 9.90 Å². The average Bonchev–Trinajstić information content (AvgIpc) is 2.33. The summed E-state index contributed by atoms with van der Waals surface area (Å²) in [5.41, 5.74) is -0.265. The van der Waals surface area contributed by atoms with Gasteiger partial charge >= 0.3 is 0 Å². The molecule has 4 heteroatoms. The molecule has 2 aliphatic rings. The van der Waals surface area contributed by atoms with Crippen molar-refractivity contribution in [1.29, 1.82) is 0 Å². The second kappa shape index (κ2) is 4.94. The molecular formula is C13H24N2O2. The fraction of sp³-hybridized carbons (Fsp3) is 0.923. The maximum Gasteiger partial charge on any atom is 0.229 e. The highest BCUT2D eigenvalue weighted by molar-refractivity contribution is 5.83. The Balaban J connectivity index is 1.99. The van der Waals surface area contributed by atoms with E-state index in [0.29, 0.717) is 12.5 Å². The minimum absolute atomic E-state index is 0.218. The number of amides is 1. The Hall–Kier alpha value is -0.610. The number of aliphatic hydroxyl groups excluding tert-OH is 1. The standard InChI is InChI=1S/C13H24N2O2/c1-10-4-7-15(8-11(10)16)12(17)13(2)5-3-6-14-9-13/h10-11,14,16H,3-9H2,1-2H3. The Morgan fingerprint density at radius 2 is 2.29 bits per heavy atom. The van der Waals surface area contributed by atoms with Crippen LogP contribution in [0, 0.1) is 11.3 Å². The summed E-state index contributed by atoms with van der Waals surface area (Å²) in [6, 6.07) is 0. The molecule has 0 aromatic rings. The van der Waals surface area contributed by atoms with Crippen molar-refractivity contribution >= 4 is 5.91 Å². The van der Waals surface area contributed by atoms with Crippen LogP contribution in [0.5, 0.6) is 0 Å². The molecule has 2 fully saturated rings. The van der Waals surface area contributed by atoms with Crippen molar-refractivity contribution in [3.05, 3.63) is 0 Å². The summed E-state index contributed by atoms with van der Waals surface area (Å²) >= 11 is 0. The van der Waals surface area contributed by atoms with Crippen molar-refractivity contribution in [3.8, 4) is 0 Å². The summed E-state index contributed by atoms with van der Waals surface area (Å²) in [7, 11) is 0. The van der Waals surface area contributed by atoms with Gasteiger partial charge in [-0.1, -0.05) is 6.92 Å². The van der Waals surface area contributed by atoms with Gasteiger partial charge in [0.15, 0.2) is 0 Å². The molecule has 17 heavy (non-hydrogen) atoms. The maximum absolute atomic E-state index is 12.5. The van der Waals surface area contributed by atoms with Crippen LogP contribution in [0.4, 0.5) is 0 Å². The van der Waals surface area contributed by atoms with Gasteiger partial charge in [-0.05, 0) is 38.6 Å². The number of hydrogen-bond acceptors (Lipinski definition) is 3. The molecule has 3 unspecified atom stereocenters. The minimum atomic E-state index is -0.354. The van der Waals surface area contributed by atoms with E-state index in [1.54, 1.807) is 0 Å². The normalized spacial score (nSPS) is 39.1. The molecule has 0 bridgehead atoms. The Morgan fingerprint density at radius 3 is 2.88 bits per heavy atom. The number of piperidine rings is 2. The SMILES string of the molecule is CC1CCN(C(=O)C2(C)CCCNC2)CC1O. The van der Waals surface area contributed by atoms with E-state index in [1.807, 2.05) is 11.8 Å². The first-order valence-corrected chi connectivity index (χ1v) is 6.71. The van der Waals surface area contributed by atoms with E-state index in [2.05, 4.69) is 12.2 Å². The first-order valence-electron chi connectivity index (χ1n) is 6.71. The number of nitrogens with zero attached hydrogens (tertiary/aromatic N) is 1. The van der Waals surface area contributed by atoms with Gasteiger partial charge in [0.05, 0.1) is 11.5 Å². The lowest BCUT2D eigenvalue weighted by atomic mass is 9.80. The summed E-state index contributed by atoms with van der Waals surface area (Å²) in [5, 5.41) is 13.2. The molecule has 2 heterocycles. The minimum Gasteiger partial charge on any atom is -0.391 e. The third-order valence-electron chi connectivity index (χ3n) is 4.32. The molecule has 0 saturated carbocycles. The summed E-state index contributed by atoms with van der Waals surface area (Å²) in [5.74, 6) is 0.534. The molecule has 0 aliphatic carbocycles. The Kier molecular flexibility index (Phi) is 3.73. The molecule has 0 aromatic heterocycles. The number of likely N-dealkylation sites (tertiary alicyclic amines) is 1. The smallest absolute Gasteiger partial charge is 0.229 e. The number of rotatable bonds is 1. The van der Waals surface area contributed by atoms with Gasteiger partial charge in [-0.15, -0.1) is 0 Å². The highest BCUT2D eigenvalue weighted by atomic mass is 16.3. The van der Waals surface area contributed by atoms with Crippen LogP contribution in [0.15, 0.2) is 0 Å². The van der Waals surface area contributed by atoms with E-state index in [0.717, 1.165) is 38.9 Å². The second-order valence-electron chi connectivity index (χ2n) is 5.93. The van der Waals surface area contributed by atoms with Crippen molar-refractivity contribution in [3.63, 3.8) is 0 Å². The van der Waals surface area contributed by atoms with Crippen molar-refractivity contribution in [2.24, 2.45) is 11.3 Å². The first-order chi connectivity index (χ1) is 8.03. The second-order valence-corrected chi connectivity index (χ2v) is 5.93. The predicted octanol–water partition coefficient (Wildman–Crippen LogP) is 0.605. The van der Waals surface area contributed by atoms with E-state index in [4.69, 9.17) is 0 Å². The third-order valence-corrected chi connectivity index (χ3v) is 4.32. The number of hydrogen-bond donors (Lipinski definition) is 2. The van der Waals surface area contributed by atoms with Gasteiger partial charge in [-0.2, -0.15) is 0 Å². The van der Waals surface area contributed by atoms with Crippen LogP contribution in [0.1, 0.15) is 33.1 Å². The molecule has 0 aromatic carbocycles. The lowest BCUT2D eigenvalue weighted by Crippen LogP contribution is -2.54. The Bertz CT molecular complexity index is 287. The highest BCUT2D eigenvalue weighted by Crippen LogP contribution is 2.30. The van der Waals surface area contributed by atoms with Gasteiger partial charge in [0.2, 0.25) is 5.91 Å². The molecule has 0 radical (unpaired) electrons. The lowest BCUT2D eigenvalue weighted by molar-refractivity contribution is -0.146. The average molecular weight is 240 g/mol. The predicted molar refractivity (Wildman–Crippen MR) is 66.6 cm³/mol. The van der Waals surface area contributed by atoms with Crippen LogP contribution >= 0.6 is 0 Å². The van der Waals surface area contributed by atoms with Gasteiger partial charge in [0.25, 0.3) is 0 Å². The van der Waals surface area contributed by atoms with Crippen LogP contribution in [-0.4, -0.2) is 48.2 Å². The molecular weight excluding hydrogens is 216 g/mol. The largest absolute Gasteiger partial charge is 0.391 e. The van der Waals surface area contributed by atoms with Crippen LogP contribution in [-0.2, 0) is 4.79 Å². The van der Waals surface area contributed by atoms with E-state index < -0.39 is 0 Å². The molecule has 2 aliphatic heterocycles. The third kappa shape index (κ3) is 2.63.